The highest BCUT2D eigenvalue weighted by molar-refractivity contribution is 5.19. The maximum absolute atomic E-state index is 12.7. The Labute approximate surface area is 118 Å². The van der Waals surface area contributed by atoms with E-state index >= 15 is 0 Å². The van der Waals surface area contributed by atoms with Crippen LogP contribution in [-0.4, -0.2) is 12.7 Å². The maximum atomic E-state index is 12.7. The van der Waals surface area contributed by atoms with Gasteiger partial charge in [-0.1, -0.05) is 49.6 Å². The van der Waals surface area contributed by atoms with Crippen molar-refractivity contribution in [2.24, 2.45) is 5.92 Å². The molecule has 112 valence electrons. The molecular weight excluding hydrogens is 263 g/mol. The summed E-state index contributed by atoms with van der Waals surface area (Å²) in [5.41, 5.74) is 0.723. The van der Waals surface area contributed by atoms with Crippen LogP contribution < -0.4 is 5.32 Å². The lowest BCUT2D eigenvalue weighted by Gasteiger charge is -2.26. The summed E-state index contributed by atoms with van der Waals surface area (Å²) in [5, 5.41) is 3.14. The average Bonchev–Trinajstić information content (AvgIpc) is 2.44. The first kappa shape index (κ1) is 15.4. The number of benzene rings is 1. The van der Waals surface area contributed by atoms with E-state index in [-0.39, 0.29) is 0 Å². The molecule has 1 aliphatic carbocycles. The van der Waals surface area contributed by atoms with E-state index < -0.39 is 18.6 Å². The van der Waals surface area contributed by atoms with Gasteiger partial charge >= 0.3 is 6.18 Å². The Bertz CT molecular complexity index is 382. The molecule has 0 amide bonds. The van der Waals surface area contributed by atoms with Gasteiger partial charge in [-0.05, 0) is 30.9 Å². The molecule has 0 radical (unpaired) electrons. The minimum absolute atomic E-state index is 0.531. The molecule has 0 saturated heterocycles. The molecule has 20 heavy (non-hydrogen) atoms. The first-order valence-electron chi connectivity index (χ1n) is 7.40. The molecule has 1 aromatic rings. The molecule has 1 aliphatic rings. The van der Waals surface area contributed by atoms with E-state index in [4.69, 9.17) is 0 Å². The summed E-state index contributed by atoms with van der Waals surface area (Å²) in [5.74, 6) is 0.531. The summed E-state index contributed by atoms with van der Waals surface area (Å²) in [4.78, 5) is 0. The number of halogens is 3. The fraction of sp³-hybridized carbons (Fsp3) is 0.625. The van der Waals surface area contributed by atoms with Crippen LogP contribution in [0.5, 0.6) is 0 Å². The van der Waals surface area contributed by atoms with Gasteiger partial charge in [0.15, 0.2) is 0 Å². The normalized spacial score (nSPS) is 18.9. The molecule has 4 heteroatoms. The molecule has 0 aliphatic heterocycles. The van der Waals surface area contributed by atoms with Gasteiger partial charge in [0.05, 0.1) is 6.42 Å². The van der Waals surface area contributed by atoms with Crippen LogP contribution in [0.3, 0.4) is 0 Å². The lowest BCUT2D eigenvalue weighted by Crippen LogP contribution is -2.31. The van der Waals surface area contributed by atoms with Crippen LogP contribution in [0.15, 0.2) is 30.3 Å². The lowest BCUT2D eigenvalue weighted by atomic mass is 9.89. The summed E-state index contributed by atoms with van der Waals surface area (Å²) >= 11 is 0. The van der Waals surface area contributed by atoms with Crippen molar-refractivity contribution < 1.29 is 13.2 Å². The third-order valence-corrected chi connectivity index (χ3v) is 4.02. The monoisotopic (exact) mass is 285 g/mol. The molecule has 0 bridgehead atoms. The van der Waals surface area contributed by atoms with Crippen LogP contribution >= 0.6 is 0 Å². The highest BCUT2D eigenvalue weighted by Gasteiger charge is 2.32. The topological polar surface area (TPSA) is 12.0 Å². The second-order valence-electron chi connectivity index (χ2n) is 5.69. The molecule has 1 unspecified atom stereocenters. The van der Waals surface area contributed by atoms with Crippen LogP contribution in [0.2, 0.25) is 0 Å². The van der Waals surface area contributed by atoms with E-state index in [1.807, 2.05) is 6.07 Å². The quantitative estimate of drug-likeness (QED) is 0.815. The van der Waals surface area contributed by atoms with Crippen LogP contribution in [0.4, 0.5) is 13.2 Å². The number of nitrogens with one attached hydrogen (secondary N) is 1. The largest absolute Gasteiger partial charge is 0.390 e. The number of hydrogen-bond acceptors (Lipinski definition) is 1. The summed E-state index contributed by atoms with van der Waals surface area (Å²) in [6.07, 6.45) is 1.02. The Morgan fingerprint density at radius 2 is 1.70 bits per heavy atom. The summed E-state index contributed by atoms with van der Waals surface area (Å²) in [7, 11) is 0. The molecule has 1 fully saturated rings. The van der Waals surface area contributed by atoms with E-state index in [0.717, 1.165) is 18.4 Å². The molecule has 1 N–H and O–H groups in total. The zero-order chi connectivity index (χ0) is 14.4. The Kier molecular flexibility index (Phi) is 5.46. The zero-order valence-corrected chi connectivity index (χ0v) is 11.6. The van der Waals surface area contributed by atoms with Crippen molar-refractivity contribution >= 4 is 0 Å². The van der Waals surface area contributed by atoms with Crippen LogP contribution in [0.1, 0.15) is 50.1 Å². The SMILES string of the molecule is FC(F)(F)CC(NCC1CCCCC1)c1ccccc1. The van der Waals surface area contributed by atoms with Crippen molar-refractivity contribution in [1.29, 1.82) is 0 Å². The van der Waals surface area contributed by atoms with E-state index in [9.17, 15) is 13.2 Å². The van der Waals surface area contributed by atoms with Crippen molar-refractivity contribution in [3.63, 3.8) is 0 Å². The highest BCUT2D eigenvalue weighted by atomic mass is 19.4. The number of hydrogen-bond donors (Lipinski definition) is 1. The van der Waals surface area contributed by atoms with Gasteiger partial charge in [-0.25, -0.2) is 0 Å². The standard InChI is InChI=1S/C16H22F3N/c17-16(18,19)11-15(14-9-5-2-6-10-14)20-12-13-7-3-1-4-8-13/h2,5-6,9-10,13,15,20H,1,3-4,7-8,11-12H2. The van der Waals surface area contributed by atoms with Gasteiger partial charge in [-0.2, -0.15) is 13.2 Å². The van der Waals surface area contributed by atoms with E-state index in [2.05, 4.69) is 5.32 Å². The molecule has 0 heterocycles. The summed E-state index contributed by atoms with van der Waals surface area (Å²) in [6.45, 7) is 0.690. The zero-order valence-electron chi connectivity index (χ0n) is 11.6. The van der Waals surface area contributed by atoms with Crippen LogP contribution in [0, 0.1) is 5.92 Å². The van der Waals surface area contributed by atoms with Crippen molar-refractivity contribution in [2.45, 2.75) is 50.7 Å². The third kappa shape index (κ3) is 5.16. The van der Waals surface area contributed by atoms with E-state index in [1.165, 1.54) is 19.3 Å². The molecule has 1 saturated carbocycles. The fourth-order valence-corrected chi connectivity index (χ4v) is 2.92. The van der Waals surface area contributed by atoms with Gasteiger partial charge in [0, 0.05) is 6.04 Å². The van der Waals surface area contributed by atoms with Crippen molar-refractivity contribution in [1.82, 2.24) is 5.32 Å². The first-order chi connectivity index (χ1) is 9.54. The van der Waals surface area contributed by atoms with Gasteiger partial charge in [0.2, 0.25) is 0 Å². The summed E-state index contributed by atoms with van der Waals surface area (Å²) in [6, 6.07) is 8.32. The third-order valence-electron chi connectivity index (χ3n) is 4.02. The average molecular weight is 285 g/mol. The first-order valence-corrected chi connectivity index (χ1v) is 7.40. The van der Waals surface area contributed by atoms with Gasteiger partial charge in [0.1, 0.15) is 0 Å². The molecule has 0 spiro atoms. The molecule has 0 aromatic heterocycles. The predicted octanol–water partition coefficient (Wildman–Crippen LogP) is 4.85. The van der Waals surface area contributed by atoms with Gasteiger partial charge in [-0.15, -0.1) is 0 Å². The second kappa shape index (κ2) is 7.11. The number of rotatable bonds is 5. The summed E-state index contributed by atoms with van der Waals surface area (Å²) < 4.78 is 38.2. The Morgan fingerprint density at radius 3 is 2.30 bits per heavy atom. The van der Waals surface area contributed by atoms with Crippen LogP contribution in [-0.2, 0) is 0 Å². The second-order valence-corrected chi connectivity index (χ2v) is 5.69. The Morgan fingerprint density at radius 1 is 1.05 bits per heavy atom. The van der Waals surface area contributed by atoms with Gasteiger partial charge in [-0.3, -0.25) is 0 Å². The Balaban J connectivity index is 1.95. The van der Waals surface area contributed by atoms with E-state index in [1.54, 1.807) is 24.3 Å². The molecule has 1 aromatic carbocycles. The lowest BCUT2D eigenvalue weighted by molar-refractivity contribution is -0.140. The van der Waals surface area contributed by atoms with Crippen molar-refractivity contribution in [3.8, 4) is 0 Å². The maximum Gasteiger partial charge on any atom is 0.390 e. The van der Waals surface area contributed by atoms with Gasteiger partial charge in [0.25, 0.3) is 0 Å². The molecule has 1 nitrogen and oxygen atoms in total. The molecule has 2 rings (SSSR count). The van der Waals surface area contributed by atoms with Gasteiger partial charge < -0.3 is 5.32 Å². The van der Waals surface area contributed by atoms with E-state index in [0.29, 0.717) is 12.5 Å². The molecule has 1 atom stereocenters. The van der Waals surface area contributed by atoms with Crippen molar-refractivity contribution in [3.05, 3.63) is 35.9 Å². The van der Waals surface area contributed by atoms with Crippen LogP contribution in [0.25, 0.3) is 0 Å². The fourth-order valence-electron chi connectivity index (χ4n) is 2.92. The molecular formula is C16H22F3N. The minimum Gasteiger partial charge on any atom is -0.309 e. The van der Waals surface area contributed by atoms with Crippen molar-refractivity contribution in [2.75, 3.05) is 6.54 Å². The number of alkyl halides is 3. The Hall–Kier alpha value is -1.03. The smallest absolute Gasteiger partial charge is 0.309 e. The minimum atomic E-state index is -4.14. The highest BCUT2D eigenvalue weighted by Crippen LogP contribution is 2.30. The predicted molar refractivity (Wildman–Crippen MR) is 74.4 cm³/mol.